The lowest BCUT2D eigenvalue weighted by atomic mass is 10.1. The molecule has 2 aliphatic heterocycles. The number of aliphatic imine (C=N–C) groups is 1. The Morgan fingerprint density at radius 2 is 1.81 bits per heavy atom. The molecule has 1 aromatic heterocycles. The van der Waals surface area contributed by atoms with E-state index in [1.165, 1.54) is 5.56 Å². The van der Waals surface area contributed by atoms with Gasteiger partial charge in [-0.25, -0.2) is 4.98 Å². The summed E-state index contributed by atoms with van der Waals surface area (Å²) >= 11 is 0. The maximum atomic E-state index is 6.06. The number of ether oxygens (including phenoxy) is 3. The smallest absolute Gasteiger partial charge is 0.215 e. The third-order valence-electron chi connectivity index (χ3n) is 5.51. The van der Waals surface area contributed by atoms with Gasteiger partial charge in [0.2, 0.25) is 5.88 Å². The van der Waals surface area contributed by atoms with Gasteiger partial charge in [-0.3, -0.25) is 9.89 Å². The first-order valence-corrected chi connectivity index (χ1v) is 11.1. The first-order chi connectivity index (χ1) is 15.3. The van der Waals surface area contributed by atoms with Crippen molar-refractivity contribution in [3.05, 3.63) is 53.2 Å². The molecule has 0 saturated carbocycles. The van der Waals surface area contributed by atoms with E-state index in [9.17, 15) is 0 Å². The zero-order valence-corrected chi connectivity index (χ0v) is 18.3. The van der Waals surface area contributed by atoms with E-state index in [1.54, 1.807) is 0 Å². The first kappa shape index (κ1) is 21.7. The Bertz CT molecular complexity index is 862. The van der Waals surface area contributed by atoms with Crippen LogP contribution in [0.5, 0.6) is 5.88 Å². The van der Waals surface area contributed by atoms with Crippen molar-refractivity contribution in [1.82, 2.24) is 9.88 Å². The number of anilines is 1. The van der Waals surface area contributed by atoms with Crippen LogP contribution in [0.25, 0.3) is 0 Å². The van der Waals surface area contributed by atoms with Gasteiger partial charge in [-0.15, -0.1) is 0 Å². The van der Waals surface area contributed by atoms with E-state index in [0.717, 1.165) is 76.1 Å². The largest absolute Gasteiger partial charge is 0.476 e. The molecule has 0 amide bonds. The number of morpholine rings is 2. The lowest BCUT2D eigenvalue weighted by Gasteiger charge is -2.29. The standard InChI is InChI=1S/C24H32N4O3/c1-20-3-2-4-21(15-20)18-25-19-22-16-23(28-8-12-30-13-9-28)17-24(26-22)31-14-7-27-5-10-29-11-6-27/h2-4,15-18H,5-14,19H2,1H3. The molecule has 0 spiro atoms. The van der Waals surface area contributed by atoms with Gasteiger partial charge in [0.15, 0.2) is 0 Å². The summed E-state index contributed by atoms with van der Waals surface area (Å²) < 4.78 is 17.0. The highest BCUT2D eigenvalue weighted by Crippen LogP contribution is 2.23. The van der Waals surface area contributed by atoms with E-state index in [2.05, 4.69) is 46.0 Å². The fourth-order valence-electron chi connectivity index (χ4n) is 3.80. The quantitative estimate of drug-likeness (QED) is 0.607. The SMILES string of the molecule is Cc1cccc(C=NCc2cc(N3CCOCC3)cc(OCCN3CCOCC3)n2)c1. The van der Waals surface area contributed by atoms with E-state index in [1.807, 2.05) is 18.3 Å². The van der Waals surface area contributed by atoms with Crippen molar-refractivity contribution in [2.24, 2.45) is 4.99 Å². The van der Waals surface area contributed by atoms with Gasteiger partial charge in [0.25, 0.3) is 0 Å². The number of pyridine rings is 1. The summed E-state index contributed by atoms with van der Waals surface area (Å²) in [5, 5.41) is 0. The van der Waals surface area contributed by atoms with Crippen LogP contribution in [0.1, 0.15) is 16.8 Å². The summed E-state index contributed by atoms with van der Waals surface area (Å²) in [6, 6.07) is 12.5. The van der Waals surface area contributed by atoms with Gasteiger partial charge >= 0.3 is 0 Å². The second kappa shape index (κ2) is 11.2. The normalized spacial score (nSPS) is 17.9. The topological polar surface area (TPSA) is 59.4 Å². The minimum Gasteiger partial charge on any atom is -0.476 e. The van der Waals surface area contributed by atoms with Crippen LogP contribution >= 0.6 is 0 Å². The Kier molecular flexibility index (Phi) is 7.87. The Morgan fingerprint density at radius 3 is 2.58 bits per heavy atom. The summed E-state index contributed by atoms with van der Waals surface area (Å²) in [6.45, 7) is 10.9. The van der Waals surface area contributed by atoms with E-state index in [-0.39, 0.29) is 0 Å². The van der Waals surface area contributed by atoms with Gasteiger partial charge in [0.1, 0.15) is 6.61 Å². The molecule has 31 heavy (non-hydrogen) atoms. The predicted molar refractivity (Wildman–Crippen MR) is 123 cm³/mol. The van der Waals surface area contributed by atoms with Crippen molar-refractivity contribution < 1.29 is 14.2 Å². The third kappa shape index (κ3) is 6.75. The van der Waals surface area contributed by atoms with Crippen LogP contribution < -0.4 is 9.64 Å². The average molecular weight is 425 g/mol. The van der Waals surface area contributed by atoms with Crippen molar-refractivity contribution in [1.29, 1.82) is 0 Å². The van der Waals surface area contributed by atoms with Gasteiger partial charge in [-0.2, -0.15) is 0 Å². The van der Waals surface area contributed by atoms with Crippen molar-refractivity contribution in [2.75, 3.05) is 70.7 Å². The molecule has 2 fully saturated rings. The highest BCUT2D eigenvalue weighted by atomic mass is 16.5. The van der Waals surface area contributed by atoms with Crippen molar-refractivity contribution >= 4 is 11.9 Å². The van der Waals surface area contributed by atoms with Crippen LogP contribution in [-0.4, -0.2) is 81.9 Å². The van der Waals surface area contributed by atoms with Crippen LogP contribution in [0.4, 0.5) is 5.69 Å². The first-order valence-electron chi connectivity index (χ1n) is 11.1. The molecule has 0 aliphatic carbocycles. The molecule has 166 valence electrons. The Morgan fingerprint density at radius 1 is 1.03 bits per heavy atom. The molecular formula is C24H32N4O3. The molecule has 0 N–H and O–H groups in total. The second-order valence-corrected chi connectivity index (χ2v) is 7.94. The predicted octanol–water partition coefficient (Wildman–Crippen LogP) is 2.56. The van der Waals surface area contributed by atoms with E-state index in [0.29, 0.717) is 19.0 Å². The molecule has 2 aromatic rings. The molecule has 3 heterocycles. The van der Waals surface area contributed by atoms with Gasteiger partial charge in [-0.05, 0) is 18.6 Å². The lowest BCUT2D eigenvalue weighted by Crippen LogP contribution is -2.38. The Labute approximate surface area is 184 Å². The van der Waals surface area contributed by atoms with Crippen LogP contribution in [-0.2, 0) is 16.0 Å². The van der Waals surface area contributed by atoms with E-state index < -0.39 is 0 Å². The summed E-state index contributed by atoms with van der Waals surface area (Å²) in [5.41, 5.74) is 4.37. The highest BCUT2D eigenvalue weighted by molar-refractivity contribution is 5.79. The van der Waals surface area contributed by atoms with Crippen molar-refractivity contribution in [2.45, 2.75) is 13.5 Å². The summed E-state index contributed by atoms with van der Waals surface area (Å²) in [7, 11) is 0. The van der Waals surface area contributed by atoms with Gasteiger partial charge in [-0.1, -0.05) is 29.8 Å². The number of hydrogen-bond acceptors (Lipinski definition) is 7. The summed E-state index contributed by atoms with van der Waals surface area (Å²) in [5.74, 6) is 0.665. The molecule has 1 aromatic carbocycles. The monoisotopic (exact) mass is 424 g/mol. The molecule has 0 bridgehead atoms. The molecule has 2 aliphatic rings. The van der Waals surface area contributed by atoms with Crippen LogP contribution in [0.3, 0.4) is 0 Å². The molecule has 2 saturated heterocycles. The van der Waals surface area contributed by atoms with Crippen LogP contribution in [0.15, 0.2) is 41.4 Å². The van der Waals surface area contributed by atoms with Crippen LogP contribution in [0, 0.1) is 6.92 Å². The maximum Gasteiger partial charge on any atom is 0.215 e. The number of benzene rings is 1. The van der Waals surface area contributed by atoms with Gasteiger partial charge in [0, 0.05) is 50.7 Å². The number of nitrogens with zero attached hydrogens (tertiary/aromatic N) is 4. The van der Waals surface area contributed by atoms with Gasteiger partial charge < -0.3 is 19.1 Å². The maximum absolute atomic E-state index is 6.06. The van der Waals surface area contributed by atoms with Crippen LogP contribution in [0.2, 0.25) is 0 Å². The second-order valence-electron chi connectivity index (χ2n) is 7.94. The molecule has 7 nitrogen and oxygen atoms in total. The number of aryl methyl sites for hydroxylation is 1. The van der Waals surface area contributed by atoms with Gasteiger partial charge in [0.05, 0.1) is 38.7 Å². The Hall–Kier alpha value is -2.48. The lowest BCUT2D eigenvalue weighted by molar-refractivity contribution is 0.0320. The van der Waals surface area contributed by atoms with E-state index >= 15 is 0 Å². The number of aromatic nitrogens is 1. The Balaban J connectivity index is 1.43. The minimum atomic E-state index is 0.520. The fraction of sp³-hybridized carbons (Fsp3) is 0.500. The molecule has 0 atom stereocenters. The molecule has 0 radical (unpaired) electrons. The summed E-state index contributed by atoms with van der Waals surface area (Å²) in [6.07, 6.45) is 1.91. The number of hydrogen-bond donors (Lipinski definition) is 0. The number of rotatable bonds is 8. The fourth-order valence-corrected chi connectivity index (χ4v) is 3.80. The summed E-state index contributed by atoms with van der Waals surface area (Å²) in [4.78, 5) is 14.0. The zero-order chi connectivity index (χ0) is 21.3. The molecule has 4 rings (SSSR count). The minimum absolute atomic E-state index is 0.520. The van der Waals surface area contributed by atoms with E-state index in [4.69, 9.17) is 19.2 Å². The highest BCUT2D eigenvalue weighted by Gasteiger charge is 2.15. The molecular weight excluding hydrogens is 392 g/mol. The van der Waals surface area contributed by atoms with Crippen molar-refractivity contribution in [3.63, 3.8) is 0 Å². The zero-order valence-electron chi connectivity index (χ0n) is 18.3. The molecule has 7 heteroatoms. The van der Waals surface area contributed by atoms with Crippen molar-refractivity contribution in [3.8, 4) is 5.88 Å². The third-order valence-corrected chi connectivity index (χ3v) is 5.51. The molecule has 0 unspecified atom stereocenters. The average Bonchev–Trinajstić information content (AvgIpc) is 2.80.